The predicted molar refractivity (Wildman–Crippen MR) is 77.7 cm³/mol. The van der Waals surface area contributed by atoms with E-state index in [0.29, 0.717) is 0 Å². The van der Waals surface area contributed by atoms with Crippen molar-refractivity contribution in [1.29, 1.82) is 0 Å². The monoisotopic (exact) mass is 333 g/mol. The summed E-state index contributed by atoms with van der Waals surface area (Å²) in [5.74, 6) is -1.64. The molecule has 2 aromatic heterocycles. The van der Waals surface area contributed by atoms with E-state index < -0.39 is 11.9 Å². The van der Waals surface area contributed by atoms with Gasteiger partial charge >= 0.3 is 5.97 Å². The first-order valence-electron chi connectivity index (χ1n) is 6.16. The van der Waals surface area contributed by atoms with Crippen LogP contribution in [0.25, 0.3) is 5.95 Å². The van der Waals surface area contributed by atoms with Crippen LogP contribution in [0.1, 0.15) is 21.0 Å². The van der Waals surface area contributed by atoms with Crippen LogP contribution in [0, 0.1) is 0 Å². The molecule has 0 atom stereocenters. The minimum atomic E-state index is -1.19. The summed E-state index contributed by atoms with van der Waals surface area (Å²) in [6, 6.07) is 4.10. The van der Waals surface area contributed by atoms with E-state index in [1.807, 2.05) is 0 Å². The van der Waals surface area contributed by atoms with Gasteiger partial charge in [-0.3, -0.25) is 14.5 Å². The molecule has 0 aliphatic heterocycles. The van der Waals surface area contributed by atoms with Crippen LogP contribution < -0.4 is 5.32 Å². The van der Waals surface area contributed by atoms with Crippen LogP contribution >= 0.6 is 11.6 Å². The number of aromatic carboxylic acids is 1. The molecule has 0 saturated heterocycles. The first-order valence-corrected chi connectivity index (χ1v) is 6.54. The fourth-order valence-corrected chi connectivity index (χ4v) is 1.93. The fraction of sp³-hybridized carbons (Fsp3) is 0. The molecule has 11 heteroatoms. The average molecular weight is 334 g/mol. The van der Waals surface area contributed by atoms with Gasteiger partial charge in [0.15, 0.2) is 0 Å². The lowest BCUT2D eigenvalue weighted by atomic mass is 10.2. The van der Waals surface area contributed by atoms with Gasteiger partial charge in [-0.05, 0) is 18.2 Å². The number of anilines is 1. The zero-order valence-electron chi connectivity index (χ0n) is 11.3. The number of hydrogen-bond acceptors (Lipinski definition) is 6. The molecule has 0 fully saturated rings. The zero-order valence-corrected chi connectivity index (χ0v) is 12.0. The summed E-state index contributed by atoms with van der Waals surface area (Å²) in [6.45, 7) is 0. The van der Waals surface area contributed by atoms with E-state index in [9.17, 15) is 9.59 Å². The Morgan fingerprint density at radius 1 is 1.26 bits per heavy atom. The molecule has 0 spiro atoms. The second-order valence-corrected chi connectivity index (χ2v) is 4.71. The van der Waals surface area contributed by atoms with Crippen LogP contribution in [0.15, 0.2) is 30.9 Å². The largest absolute Gasteiger partial charge is 0.478 e. The topological polar surface area (TPSA) is 139 Å². The van der Waals surface area contributed by atoms with E-state index in [1.165, 1.54) is 35.4 Å². The van der Waals surface area contributed by atoms with Gasteiger partial charge in [-0.25, -0.2) is 4.79 Å². The number of aromatic nitrogens is 6. The number of halogens is 1. The highest BCUT2D eigenvalue weighted by Gasteiger charge is 2.15. The Bertz CT molecular complexity index is 875. The van der Waals surface area contributed by atoms with Crippen LogP contribution in [-0.4, -0.2) is 46.9 Å². The van der Waals surface area contributed by atoms with Crippen molar-refractivity contribution in [2.75, 3.05) is 5.32 Å². The highest BCUT2D eigenvalue weighted by Crippen LogP contribution is 2.20. The maximum absolute atomic E-state index is 12.1. The molecule has 0 radical (unpaired) electrons. The molecule has 0 bridgehead atoms. The van der Waals surface area contributed by atoms with E-state index in [4.69, 9.17) is 16.7 Å². The van der Waals surface area contributed by atoms with Crippen molar-refractivity contribution in [2.24, 2.45) is 0 Å². The molecule has 3 aromatic rings. The zero-order chi connectivity index (χ0) is 16.4. The molecule has 2 heterocycles. The molecular weight excluding hydrogens is 326 g/mol. The molecule has 10 nitrogen and oxygen atoms in total. The quantitative estimate of drug-likeness (QED) is 0.646. The minimum Gasteiger partial charge on any atom is -0.478 e. The Morgan fingerprint density at radius 3 is 2.70 bits per heavy atom. The molecular formula is C12H8ClN7O3. The second kappa shape index (κ2) is 5.85. The summed E-state index contributed by atoms with van der Waals surface area (Å²) >= 11 is 5.77. The summed E-state index contributed by atoms with van der Waals surface area (Å²) in [5, 5.41) is 25.1. The summed E-state index contributed by atoms with van der Waals surface area (Å²) in [6.07, 6.45) is 2.76. The van der Waals surface area contributed by atoms with Crippen molar-refractivity contribution in [3.8, 4) is 5.95 Å². The molecule has 23 heavy (non-hydrogen) atoms. The van der Waals surface area contributed by atoms with E-state index in [-0.39, 0.29) is 28.0 Å². The van der Waals surface area contributed by atoms with Gasteiger partial charge in [-0.15, -0.1) is 15.3 Å². The molecule has 3 N–H and O–H groups in total. The fourth-order valence-electron chi connectivity index (χ4n) is 1.73. The minimum absolute atomic E-state index is 0.0551. The first-order chi connectivity index (χ1) is 11.0. The molecule has 1 amide bonds. The highest BCUT2D eigenvalue weighted by molar-refractivity contribution is 6.33. The third-order valence-corrected chi connectivity index (χ3v) is 3.12. The normalized spacial score (nSPS) is 10.5. The van der Waals surface area contributed by atoms with Gasteiger partial charge < -0.3 is 10.4 Å². The molecule has 0 unspecified atom stereocenters. The van der Waals surface area contributed by atoms with Gasteiger partial charge in [0.05, 0.1) is 10.6 Å². The number of carbonyl (C=O) groups excluding carboxylic acids is 1. The molecule has 3 rings (SSSR count). The number of aromatic amines is 1. The van der Waals surface area contributed by atoms with Crippen molar-refractivity contribution >= 4 is 29.2 Å². The van der Waals surface area contributed by atoms with Gasteiger partial charge in [0.1, 0.15) is 12.7 Å². The van der Waals surface area contributed by atoms with Crippen molar-refractivity contribution in [3.05, 3.63) is 47.3 Å². The van der Waals surface area contributed by atoms with Crippen molar-refractivity contribution in [1.82, 2.24) is 29.9 Å². The smallest absolute Gasteiger partial charge is 0.337 e. The molecule has 116 valence electrons. The lowest BCUT2D eigenvalue weighted by Gasteiger charge is -2.05. The average Bonchev–Trinajstić information content (AvgIpc) is 3.19. The Labute approximate surface area is 133 Å². The maximum Gasteiger partial charge on any atom is 0.337 e. The number of amides is 1. The first kappa shape index (κ1) is 14.7. The number of benzene rings is 1. The molecule has 0 aliphatic rings. The van der Waals surface area contributed by atoms with Gasteiger partial charge in [-0.2, -0.15) is 4.98 Å². The Balaban J connectivity index is 1.80. The Hall–Kier alpha value is -3.27. The third-order valence-electron chi connectivity index (χ3n) is 2.79. The standard InChI is InChI=1S/C12H8ClN7O3/c13-8-2-1-6(3-7(8)11(22)23)16-10(21)9-17-12(19-18-9)20-4-14-15-5-20/h1-5H,(H,16,21)(H,22,23)(H,17,18,19). The summed E-state index contributed by atoms with van der Waals surface area (Å²) in [4.78, 5) is 27.1. The number of carbonyl (C=O) groups is 2. The lowest BCUT2D eigenvalue weighted by molar-refractivity contribution is 0.0696. The van der Waals surface area contributed by atoms with Gasteiger partial charge in [0.2, 0.25) is 5.82 Å². The van der Waals surface area contributed by atoms with Crippen LogP contribution in [-0.2, 0) is 0 Å². The van der Waals surface area contributed by atoms with Gasteiger partial charge in [-0.1, -0.05) is 11.6 Å². The van der Waals surface area contributed by atoms with Crippen molar-refractivity contribution < 1.29 is 14.7 Å². The Morgan fingerprint density at radius 2 is 2.00 bits per heavy atom. The van der Waals surface area contributed by atoms with Gasteiger partial charge in [0.25, 0.3) is 11.9 Å². The maximum atomic E-state index is 12.1. The van der Waals surface area contributed by atoms with Crippen LogP contribution in [0.2, 0.25) is 5.02 Å². The van der Waals surface area contributed by atoms with Crippen molar-refractivity contribution in [3.63, 3.8) is 0 Å². The SMILES string of the molecule is O=C(Nc1ccc(Cl)c(C(=O)O)c1)c1nc(-n2cnnc2)n[nH]1. The van der Waals surface area contributed by atoms with E-state index in [0.717, 1.165) is 0 Å². The summed E-state index contributed by atoms with van der Waals surface area (Å²) < 4.78 is 1.41. The molecule has 0 saturated carbocycles. The molecule has 0 aliphatic carbocycles. The second-order valence-electron chi connectivity index (χ2n) is 4.31. The number of nitrogens with zero attached hydrogens (tertiary/aromatic N) is 5. The lowest BCUT2D eigenvalue weighted by Crippen LogP contribution is -2.14. The molecule has 1 aromatic carbocycles. The van der Waals surface area contributed by atoms with E-state index in [1.54, 1.807) is 0 Å². The van der Waals surface area contributed by atoms with Crippen LogP contribution in [0.3, 0.4) is 0 Å². The number of rotatable bonds is 4. The number of nitrogens with one attached hydrogen (secondary N) is 2. The summed E-state index contributed by atoms with van der Waals surface area (Å²) in [7, 11) is 0. The van der Waals surface area contributed by atoms with E-state index in [2.05, 4.69) is 30.7 Å². The highest BCUT2D eigenvalue weighted by atomic mass is 35.5. The Kier molecular flexibility index (Phi) is 3.73. The van der Waals surface area contributed by atoms with Crippen molar-refractivity contribution in [2.45, 2.75) is 0 Å². The predicted octanol–water partition coefficient (Wildman–Crippen LogP) is 0.989. The van der Waals surface area contributed by atoms with Crippen LogP contribution in [0.4, 0.5) is 5.69 Å². The number of hydrogen-bond donors (Lipinski definition) is 3. The number of H-pyrrole nitrogens is 1. The van der Waals surface area contributed by atoms with Gasteiger partial charge in [0, 0.05) is 5.69 Å². The third kappa shape index (κ3) is 3.01. The number of carboxylic acids is 1. The summed E-state index contributed by atoms with van der Waals surface area (Å²) in [5.41, 5.74) is 0.145. The van der Waals surface area contributed by atoms with E-state index >= 15 is 0 Å². The van der Waals surface area contributed by atoms with Crippen LogP contribution in [0.5, 0.6) is 0 Å². The number of carboxylic acid groups (broad SMARTS) is 1.